The van der Waals surface area contributed by atoms with Crippen molar-refractivity contribution in [2.24, 2.45) is 5.92 Å². The number of ketones is 2. The molecule has 0 amide bonds. The van der Waals surface area contributed by atoms with Crippen molar-refractivity contribution in [3.63, 3.8) is 0 Å². The van der Waals surface area contributed by atoms with Crippen LogP contribution in [0.2, 0.25) is 0 Å². The monoisotopic (exact) mass is 299 g/mol. The molecule has 116 valence electrons. The van der Waals surface area contributed by atoms with Crippen molar-refractivity contribution in [1.82, 2.24) is 5.32 Å². The van der Waals surface area contributed by atoms with Gasteiger partial charge in [0.25, 0.3) is 0 Å². The Bertz CT molecular complexity index is 681. The number of Topliss-reactive ketones (excluding diaryl/α,β-unsaturated/α-hetero) is 2. The molecule has 1 aliphatic heterocycles. The topological polar surface area (TPSA) is 66.4 Å². The van der Waals surface area contributed by atoms with Crippen LogP contribution in [-0.2, 0) is 16.6 Å². The third kappa shape index (κ3) is 1.67. The molecule has 1 saturated carbocycles. The number of hydrogen-bond acceptors (Lipinski definition) is 4. The third-order valence-electron chi connectivity index (χ3n) is 6.00. The van der Waals surface area contributed by atoms with Crippen molar-refractivity contribution in [3.05, 3.63) is 28.8 Å². The van der Waals surface area contributed by atoms with Crippen LogP contribution in [0.5, 0.6) is 5.75 Å². The molecule has 4 heteroatoms. The highest BCUT2D eigenvalue weighted by Gasteiger charge is 2.56. The van der Waals surface area contributed by atoms with Crippen LogP contribution in [-0.4, -0.2) is 29.3 Å². The van der Waals surface area contributed by atoms with E-state index in [0.717, 1.165) is 43.4 Å². The van der Waals surface area contributed by atoms with Crippen LogP contribution in [0.1, 0.15) is 54.1 Å². The number of hydrogen-bond donors (Lipinski definition) is 2. The van der Waals surface area contributed by atoms with E-state index in [1.54, 1.807) is 6.07 Å². The van der Waals surface area contributed by atoms with Crippen LogP contribution >= 0.6 is 0 Å². The smallest absolute Gasteiger partial charge is 0.159 e. The molecular weight excluding hydrogens is 278 g/mol. The molecule has 0 aromatic heterocycles. The van der Waals surface area contributed by atoms with Gasteiger partial charge in [0.2, 0.25) is 0 Å². The molecule has 0 spiro atoms. The Morgan fingerprint density at radius 1 is 1.41 bits per heavy atom. The predicted molar refractivity (Wildman–Crippen MR) is 82.2 cm³/mol. The zero-order valence-corrected chi connectivity index (χ0v) is 12.8. The number of benzene rings is 1. The van der Waals surface area contributed by atoms with Gasteiger partial charge in [-0.15, -0.1) is 0 Å². The molecule has 1 aromatic rings. The molecule has 3 atom stereocenters. The lowest BCUT2D eigenvalue weighted by Gasteiger charge is -2.54. The molecule has 1 saturated heterocycles. The Kier molecular flexibility index (Phi) is 2.95. The minimum absolute atomic E-state index is 0.0645. The summed E-state index contributed by atoms with van der Waals surface area (Å²) >= 11 is 0. The van der Waals surface area contributed by atoms with Crippen LogP contribution < -0.4 is 5.32 Å². The second kappa shape index (κ2) is 4.66. The Morgan fingerprint density at radius 3 is 3.00 bits per heavy atom. The van der Waals surface area contributed by atoms with Gasteiger partial charge < -0.3 is 10.4 Å². The van der Waals surface area contributed by atoms with E-state index in [4.69, 9.17) is 0 Å². The minimum Gasteiger partial charge on any atom is -0.508 e. The van der Waals surface area contributed by atoms with Crippen molar-refractivity contribution in [2.45, 2.75) is 50.5 Å². The first-order chi connectivity index (χ1) is 10.5. The lowest BCUT2D eigenvalue weighted by atomic mass is 9.52. The number of aromatic hydroxyl groups is 1. The highest BCUT2D eigenvalue weighted by molar-refractivity contribution is 5.97. The van der Waals surface area contributed by atoms with Gasteiger partial charge in [-0.2, -0.15) is 0 Å². The second-order valence-electron chi connectivity index (χ2n) is 6.99. The Balaban J connectivity index is 1.99. The summed E-state index contributed by atoms with van der Waals surface area (Å²) in [5.41, 5.74) is 1.84. The summed E-state index contributed by atoms with van der Waals surface area (Å²) < 4.78 is 0. The molecule has 1 aromatic carbocycles. The fourth-order valence-electron chi connectivity index (χ4n) is 5.02. The number of carbonyl (C=O) groups is 2. The van der Waals surface area contributed by atoms with E-state index in [1.165, 1.54) is 6.92 Å². The SMILES string of the molecule is CC(=O)c1cc(O)c2c(c1)[C@]13CCN[C@H](C2)[C@@H]1CCCC3=O. The summed E-state index contributed by atoms with van der Waals surface area (Å²) in [6, 6.07) is 3.70. The molecule has 0 unspecified atom stereocenters. The van der Waals surface area contributed by atoms with E-state index in [2.05, 4.69) is 5.32 Å². The average Bonchev–Trinajstić information content (AvgIpc) is 2.48. The van der Waals surface area contributed by atoms with E-state index >= 15 is 0 Å². The number of piperidine rings is 1. The summed E-state index contributed by atoms with van der Waals surface area (Å²) in [6.45, 7) is 2.34. The zero-order valence-electron chi connectivity index (χ0n) is 12.8. The molecule has 2 N–H and O–H groups in total. The van der Waals surface area contributed by atoms with Crippen molar-refractivity contribution in [3.8, 4) is 5.75 Å². The van der Waals surface area contributed by atoms with Gasteiger partial charge in [0.1, 0.15) is 11.5 Å². The molecule has 2 aliphatic carbocycles. The fraction of sp³-hybridized carbons (Fsp3) is 0.556. The molecular formula is C18H21NO3. The van der Waals surface area contributed by atoms with Crippen molar-refractivity contribution in [1.29, 1.82) is 0 Å². The second-order valence-corrected chi connectivity index (χ2v) is 6.99. The average molecular weight is 299 g/mol. The molecule has 0 radical (unpaired) electrons. The first-order valence-corrected chi connectivity index (χ1v) is 8.18. The molecule has 22 heavy (non-hydrogen) atoms. The van der Waals surface area contributed by atoms with Gasteiger partial charge in [-0.3, -0.25) is 9.59 Å². The predicted octanol–water partition coefficient (Wildman–Crippen LogP) is 2.12. The number of fused-ring (bicyclic) bond motifs is 1. The first kappa shape index (κ1) is 13.9. The number of nitrogens with one attached hydrogen (secondary N) is 1. The lowest BCUT2D eigenvalue weighted by molar-refractivity contribution is -0.132. The number of phenolic OH excluding ortho intramolecular Hbond substituents is 1. The quantitative estimate of drug-likeness (QED) is 0.780. The van der Waals surface area contributed by atoms with Gasteiger partial charge in [0.15, 0.2) is 5.78 Å². The summed E-state index contributed by atoms with van der Waals surface area (Å²) in [5.74, 6) is 0.714. The largest absolute Gasteiger partial charge is 0.508 e. The van der Waals surface area contributed by atoms with E-state index in [9.17, 15) is 14.7 Å². The Labute approximate surface area is 129 Å². The van der Waals surface area contributed by atoms with Gasteiger partial charge in [0, 0.05) is 18.0 Å². The molecule has 3 aliphatic rings. The maximum absolute atomic E-state index is 12.9. The van der Waals surface area contributed by atoms with Crippen LogP contribution in [0.4, 0.5) is 0 Å². The molecule has 1 heterocycles. The van der Waals surface area contributed by atoms with Crippen LogP contribution in [0.15, 0.2) is 12.1 Å². The normalized spacial score (nSPS) is 33.0. The van der Waals surface area contributed by atoms with Crippen LogP contribution in [0.25, 0.3) is 0 Å². The van der Waals surface area contributed by atoms with Crippen LogP contribution in [0.3, 0.4) is 0 Å². The van der Waals surface area contributed by atoms with E-state index < -0.39 is 5.41 Å². The maximum Gasteiger partial charge on any atom is 0.159 e. The molecule has 2 bridgehead atoms. The Morgan fingerprint density at radius 2 is 2.23 bits per heavy atom. The minimum atomic E-state index is -0.481. The molecule has 4 rings (SSSR count). The Hall–Kier alpha value is -1.68. The zero-order chi connectivity index (χ0) is 15.5. The highest BCUT2D eigenvalue weighted by Crippen LogP contribution is 2.53. The van der Waals surface area contributed by atoms with Crippen molar-refractivity contribution in [2.75, 3.05) is 6.54 Å². The summed E-state index contributed by atoms with van der Waals surface area (Å²) in [7, 11) is 0. The first-order valence-electron chi connectivity index (χ1n) is 8.18. The number of carbonyl (C=O) groups excluding carboxylic acids is 2. The van der Waals surface area contributed by atoms with Gasteiger partial charge in [-0.25, -0.2) is 0 Å². The molecule has 4 nitrogen and oxygen atoms in total. The van der Waals surface area contributed by atoms with E-state index in [1.807, 2.05) is 6.07 Å². The van der Waals surface area contributed by atoms with Crippen molar-refractivity contribution >= 4 is 11.6 Å². The summed E-state index contributed by atoms with van der Waals surface area (Å²) in [6.07, 6.45) is 4.15. The van der Waals surface area contributed by atoms with Gasteiger partial charge in [0.05, 0.1) is 5.41 Å². The maximum atomic E-state index is 12.9. The molecule has 2 fully saturated rings. The van der Waals surface area contributed by atoms with E-state index in [-0.39, 0.29) is 17.6 Å². The van der Waals surface area contributed by atoms with Gasteiger partial charge in [-0.05, 0) is 68.3 Å². The fourth-order valence-corrected chi connectivity index (χ4v) is 5.02. The van der Waals surface area contributed by atoms with Gasteiger partial charge >= 0.3 is 0 Å². The number of rotatable bonds is 1. The van der Waals surface area contributed by atoms with E-state index in [0.29, 0.717) is 23.7 Å². The van der Waals surface area contributed by atoms with Gasteiger partial charge in [-0.1, -0.05) is 0 Å². The van der Waals surface area contributed by atoms with Crippen molar-refractivity contribution < 1.29 is 14.7 Å². The summed E-state index contributed by atoms with van der Waals surface area (Å²) in [4.78, 5) is 24.7. The lowest BCUT2D eigenvalue weighted by Crippen LogP contribution is -2.63. The van der Waals surface area contributed by atoms with Crippen LogP contribution in [0, 0.1) is 5.92 Å². The summed E-state index contributed by atoms with van der Waals surface area (Å²) in [5, 5.41) is 14.0. The standard InChI is InChI=1S/C18H21NO3/c1-10(20)11-7-14-12(16(21)8-11)9-15-13-3-2-4-17(22)18(13,14)5-6-19-15/h7-8,13,15,19,21H,2-6,9H2,1H3/t13-,15+,18-/m0/s1. The third-order valence-corrected chi connectivity index (χ3v) is 6.00. The highest BCUT2D eigenvalue weighted by atomic mass is 16.3. The number of phenols is 1.